The maximum atomic E-state index is 12.8. The van der Waals surface area contributed by atoms with Gasteiger partial charge in [-0.25, -0.2) is 0 Å². The highest BCUT2D eigenvalue weighted by Crippen LogP contribution is 2.30. The van der Waals surface area contributed by atoms with E-state index in [2.05, 4.69) is 4.98 Å². The Morgan fingerprint density at radius 1 is 1.39 bits per heavy atom. The molecule has 1 fully saturated rings. The molecule has 2 aromatic rings. The maximum absolute atomic E-state index is 12.8. The van der Waals surface area contributed by atoms with Crippen molar-refractivity contribution in [2.75, 3.05) is 13.7 Å². The normalized spacial score (nSPS) is 15.4. The Morgan fingerprint density at radius 3 is 2.74 bits per heavy atom. The number of H-pyrrole nitrogens is 1. The molecule has 1 unspecified atom stereocenters. The highest BCUT2D eigenvalue weighted by atomic mass is 16.5. The number of hydrogen-bond acceptors (Lipinski definition) is 3. The molecule has 1 saturated carbocycles. The quantitative estimate of drug-likeness (QED) is 0.858. The number of carbonyl (C=O) groups excluding carboxylic acids is 1. The number of nitrogens with one attached hydrogen (secondary N) is 1. The number of nitrogens with zero attached hydrogens (tertiary/aromatic N) is 1. The Labute approximate surface area is 134 Å². The molecule has 1 aliphatic rings. The van der Waals surface area contributed by atoms with Gasteiger partial charge in [0.2, 0.25) is 0 Å². The fourth-order valence-electron chi connectivity index (χ4n) is 2.66. The number of aromatic amines is 1. The van der Waals surface area contributed by atoms with Gasteiger partial charge in [-0.05, 0) is 37.1 Å². The van der Waals surface area contributed by atoms with Crippen LogP contribution in [0.5, 0.6) is 5.75 Å². The first-order valence-corrected chi connectivity index (χ1v) is 7.70. The van der Waals surface area contributed by atoms with Gasteiger partial charge in [-0.2, -0.15) is 0 Å². The standard InChI is InChI=1S/C17H20N2O4/c1-10(17(21)22)9-19(12-3-4-12)16(20)15-8-11-7-13(23-2)5-6-14(11)18-15/h5-8,10,12,18H,3-4,9H2,1-2H3,(H,21,22). The zero-order valence-corrected chi connectivity index (χ0v) is 13.2. The second-order valence-corrected chi connectivity index (χ2v) is 6.06. The van der Waals surface area contributed by atoms with Crippen LogP contribution in [0, 0.1) is 5.92 Å². The zero-order valence-electron chi connectivity index (χ0n) is 13.2. The average Bonchev–Trinajstić information content (AvgIpc) is 3.29. The molecule has 3 rings (SSSR count). The number of carbonyl (C=O) groups is 2. The molecule has 0 radical (unpaired) electrons. The number of hydrogen-bond donors (Lipinski definition) is 2. The lowest BCUT2D eigenvalue weighted by molar-refractivity contribution is -0.141. The summed E-state index contributed by atoms with van der Waals surface area (Å²) in [6.07, 6.45) is 1.87. The molecule has 1 aromatic heterocycles. The van der Waals surface area contributed by atoms with Gasteiger partial charge in [-0.15, -0.1) is 0 Å². The van der Waals surface area contributed by atoms with Crippen LogP contribution in [0.15, 0.2) is 24.3 Å². The maximum Gasteiger partial charge on any atom is 0.308 e. The van der Waals surface area contributed by atoms with Gasteiger partial charge >= 0.3 is 5.97 Å². The lowest BCUT2D eigenvalue weighted by Gasteiger charge is -2.23. The van der Waals surface area contributed by atoms with E-state index in [4.69, 9.17) is 9.84 Å². The van der Waals surface area contributed by atoms with Crippen LogP contribution < -0.4 is 4.74 Å². The van der Waals surface area contributed by atoms with Crippen molar-refractivity contribution < 1.29 is 19.4 Å². The molecule has 6 nitrogen and oxygen atoms in total. The molecule has 122 valence electrons. The third-order valence-electron chi connectivity index (χ3n) is 4.20. The van der Waals surface area contributed by atoms with E-state index in [1.165, 1.54) is 0 Å². The number of carboxylic acids is 1. The number of ether oxygens (including phenoxy) is 1. The number of fused-ring (bicyclic) bond motifs is 1. The van der Waals surface area contributed by atoms with Crippen molar-refractivity contribution in [3.8, 4) is 5.75 Å². The summed E-state index contributed by atoms with van der Waals surface area (Å²) >= 11 is 0. The molecule has 1 amide bonds. The first kappa shape index (κ1) is 15.4. The van der Waals surface area contributed by atoms with Gasteiger partial charge in [0.1, 0.15) is 11.4 Å². The summed E-state index contributed by atoms with van der Waals surface area (Å²) < 4.78 is 5.19. The third kappa shape index (κ3) is 3.16. The van der Waals surface area contributed by atoms with Crippen molar-refractivity contribution in [1.29, 1.82) is 0 Å². The van der Waals surface area contributed by atoms with E-state index >= 15 is 0 Å². The summed E-state index contributed by atoms with van der Waals surface area (Å²) in [5, 5.41) is 10.00. The van der Waals surface area contributed by atoms with Crippen LogP contribution >= 0.6 is 0 Å². The highest BCUT2D eigenvalue weighted by molar-refractivity contribution is 5.98. The van der Waals surface area contributed by atoms with E-state index < -0.39 is 11.9 Å². The van der Waals surface area contributed by atoms with Crippen LogP contribution in [0.25, 0.3) is 10.9 Å². The van der Waals surface area contributed by atoms with Crippen LogP contribution in [0.2, 0.25) is 0 Å². The van der Waals surface area contributed by atoms with Crippen LogP contribution in [-0.2, 0) is 4.79 Å². The number of aliphatic carboxylic acids is 1. The van der Waals surface area contributed by atoms with Gasteiger partial charge in [0.25, 0.3) is 5.91 Å². The molecule has 1 atom stereocenters. The number of methoxy groups -OCH3 is 1. The fraction of sp³-hybridized carbons (Fsp3) is 0.412. The molecule has 0 bridgehead atoms. The topological polar surface area (TPSA) is 82.6 Å². The summed E-state index contributed by atoms with van der Waals surface area (Å²) in [7, 11) is 1.60. The number of aromatic nitrogens is 1. The Hall–Kier alpha value is -2.50. The predicted molar refractivity (Wildman–Crippen MR) is 85.7 cm³/mol. The lowest BCUT2D eigenvalue weighted by atomic mass is 10.1. The van der Waals surface area contributed by atoms with E-state index in [1.54, 1.807) is 25.0 Å². The molecule has 1 aromatic carbocycles. The molecule has 2 N–H and O–H groups in total. The van der Waals surface area contributed by atoms with Gasteiger partial charge in [0.15, 0.2) is 0 Å². The van der Waals surface area contributed by atoms with Crippen LogP contribution in [-0.4, -0.2) is 46.6 Å². The monoisotopic (exact) mass is 316 g/mol. The zero-order chi connectivity index (χ0) is 16.6. The van der Waals surface area contributed by atoms with E-state index in [0.717, 1.165) is 29.5 Å². The second kappa shape index (κ2) is 5.95. The van der Waals surface area contributed by atoms with Crippen molar-refractivity contribution in [2.45, 2.75) is 25.8 Å². The van der Waals surface area contributed by atoms with E-state index in [1.807, 2.05) is 18.2 Å². The summed E-state index contributed by atoms with van der Waals surface area (Å²) in [5.74, 6) is -0.876. The highest BCUT2D eigenvalue weighted by Gasteiger charge is 2.35. The number of carboxylic acid groups (broad SMARTS) is 1. The van der Waals surface area contributed by atoms with E-state index in [-0.39, 0.29) is 18.5 Å². The molecule has 6 heteroatoms. The van der Waals surface area contributed by atoms with Gasteiger partial charge < -0.3 is 19.7 Å². The van der Waals surface area contributed by atoms with Crippen LogP contribution in [0.3, 0.4) is 0 Å². The summed E-state index contributed by atoms with van der Waals surface area (Å²) in [5.41, 5.74) is 1.34. The molecular formula is C17H20N2O4. The van der Waals surface area contributed by atoms with Crippen molar-refractivity contribution in [3.63, 3.8) is 0 Å². The Balaban J connectivity index is 1.86. The van der Waals surface area contributed by atoms with Gasteiger partial charge in [-0.3, -0.25) is 9.59 Å². The smallest absolute Gasteiger partial charge is 0.308 e. The minimum absolute atomic E-state index is 0.143. The Bertz CT molecular complexity index is 748. The van der Waals surface area contributed by atoms with E-state index in [9.17, 15) is 9.59 Å². The second-order valence-electron chi connectivity index (χ2n) is 6.06. The van der Waals surface area contributed by atoms with Crippen molar-refractivity contribution in [1.82, 2.24) is 9.88 Å². The van der Waals surface area contributed by atoms with Crippen molar-refractivity contribution in [3.05, 3.63) is 30.0 Å². The fourth-order valence-corrected chi connectivity index (χ4v) is 2.66. The minimum atomic E-state index is -0.884. The van der Waals surface area contributed by atoms with E-state index in [0.29, 0.717) is 5.69 Å². The number of benzene rings is 1. The summed E-state index contributed by atoms with van der Waals surface area (Å²) in [6, 6.07) is 7.51. The summed E-state index contributed by atoms with van der Waals surface area (Å²) in [4.78, 5) is 28.7. The van der Waals surface area contributed by atoms with Crippen LogP contribution in [0.4, 0.5) is 0 Å². The van der Waals surface area contributed by atoms with Gasteiger partial charge in [-0.1, -0.05) is 6.92 Å². The average molecular weight is 316 g/mol. The van der Waals surface area contributed by atoms with Gasteiger partial charge in [0.05, 0.1) is 13.0 Å². The SMILES string of the molecule is COc1ccc2[nH]c(C(=O)N(CC(C)C(=O)O)C3CC3)cc2c1. The molecule has 23 heavy (non-hydrogen) atoms. The number of amides is 1. The predicted octanol–water partition coefficient (Wildman–Crippen LogP) is 2.50. The van der Waals surface area contributed by atoms with Crippen molar-refractivity contribution in [2.24, 2.45) is 5.92 Å². The lowest BCUT2D eigenvalue weighted by Crippen LogP contribution is -2.38. The molecule has 0 saturated heterocycles. The Kier molecular flexibility index (Phi) is 3.98. The minimum Gasteiger partial charge on any atom is -0.497 e. The van der Waals surface area contributed by atoms with Gasteiger partial charge in [0, 0.05) is 23.5 Å². The molecule has 0 spiro atoms. The molecule has 0 aliphatic heterocycles. The third-order valence-corrected chi connectivity index (χ3v) is 4.20. The largest absolute Gasteiger partial charge is 0.497 e. The first-order valence-electron chi connectivity index (χ1n) is 7.70. The summed E-state index contributed by atoms with van der Waals surface area (Å²) in [6.45, 7) is 1.86. The van der Waals surface area contributed by atoms with Crippen LogP contribution in [0.1, 0.15) is 30.3 Å². The first-order chi connectivity index (χ1) is 11.0. The molecule has 1 aliphatic carbocycles. The van der Waals surface area contributed by atoms with Crippen molar-refractivity contribution >= 4 is 22.8 Å². The molecular weight excluding hydrogens is 296 g/mol. The molecule has 1 heterocycles. The number of rotatable bonds is 6. The Morgan fingerprint density at radius 2 is 2.13 bits per heavy atom.